The van der Waals surface area contributed by atoms with Gasteiger partial charge in [-0.15, -0.1) is 10.2 Å². The minimum Gasteiger partial charge on any atom is -0.417 e. The van der Waals surface area contributed by atoms with Crippen molar-refractivity contribution in [1.82, 2.24) is 34.7 Å². The molecule has 1 aliphatic heterocycles. The lowest BCUT2D eigenvalue weighted by Gasteiger charge is -2.32. The van der Waals surface area contributed by atoms with Gasteiger partial charge in [-0.3, -0.25) is 4.79 Å². The van der Waals surface area contributed by atoms with Gasteiger partial charge in [-0.25, -0.2) is 9.50 Å². The van der Waals surface area contributed by atoms with E-state index in [2.05, 4.69) is 40.1 Å². The summed E-state index contributed by atoms with van der Waals surface area (Å²) in [6, 6.07) is 5.72. The molecular weight excluding hydrogens is 370 g/mol. The number of rotatable bonds is 3. The third kappa shape index (κ3) is 2.81. The fourth-order valence-corrected chi connectivity index (χ4v) is 3.98. The first kappa shape index (κ1) is 17.6. The van der Waals surface area contributed by atoms with E-state index >= 15 is 0 Å². The molecule has 0 radical (unpaired) electrons. The zero-order valence-corrected chi connectivity index (χ0v) is 16.5. The van der Waals surface area contributed by atoms with Crippen LogP contribution >= 0.6 is 0 Å². The maximum absolute atomic E-state index is 13.2. The number of aromatic nitrogens is 6. The number of hydrogen-bond acceptors (Lipinski definition) is 6. The third-order valence-electron chi connectivity index (χ3n) is 5.35. The average Bonchev–Trinajstić information content (AvgIpc) is 3.44. The van der Waals surface area contributed by atoms with E-state index in [0.717, 1.165) is 22.6 Å². The maximum atomic E-state index is 13.2. The molecule has 9 heteroatoms. The summed E-state index contributed by atoms with van der Waals surface area (Å²) in [5.74, 6) is 0.384. The lowest BCUT2D eigenvalue weighted by atomic mass is 9.98. The van der Waals surface area contributed by atoms with Crippen LogP contribution < -0.4 is 0 Å². The Hall–Kier alpha value is -3.49. The van der Waals surface area contributed by atoms with E-state index < -0.39 is 6.04 Å². The minimum absolute atomic E-state index is 0.0156. The van der Waals surface area contributed by atoms with Gasteiger partial charge in [0.1, 0.15) is 6.04 Å². The highest BCUT2D eigenvalue weighted by Crippen LogP contribution is 2.35. The zero-order chi connectivity index (χ0) is 20.1. The number of carbonyl (C=O) groups excluding carboxylic acids is 1. The zero-order valence-electron chi connectivity index (χ0n) is 16.5. The van der Waals surface area contributed by atoms with Crippen LogP contribution in [-0.4, -0.2) is 47.1 Å². The van der Waals surface area contributed by atoms with Gasteiger partial charge in [0, 0.05) is 31.8 Å². The number of nitrogens with one attached hydrogen (secondary N) is 1. The monoisotopic (exact) mass is 391 g/mol. The van der Waals surface area contributed by atoms with Crippen LogP contribution in [0.25, 0.3) is 5.52 Å². The fraction of sp³-hybridized carbons (Fsp3) is 0.350. The smallest absolute Gasteiger partial charge is 0.312 e. The van der Waals surface area contributed by atoms with Gasteiger partial charge in [0.25, 0.3) is 0 Å². The number of imidazole rings is 1. The van der Waals surface area contributed by atoms with Gasteiger partial charge in [0.2, 0.25) is 5.89 Å². The Morgan fingerprint density at radius 1 is 1.34 bits per heavy atom. The topological polar surface area (TPSA) is 105 Å². The number of pyridine rings is 1. The van der Waals surface area contributed by atoms with E-state index in [0.29, 0.717) is 24.8 Å². The number of aryl methyl sites for hydroxylation is 1. The van der Waals surface area contributed by atoms with Crippen molar-refractivity contribution in [2.45, 2.75) is 39.2 Å². The molecule has 4 aromatic heterocycles. The van der Waals surface area contributed by atoms with Crippen LogP contribution in [0.4, 0.5) is 0 Å². The van der Waals surface area contributed by atoms with E-state index in [1.54, 1.807) is 18.2 Å². The van der Waals surface area contributed by atoms with Crippen molar-refractivity contribution in [3.05, 3.63) is 65.1 Å². The highest BCUT2D eigenvalue weighted by Gasteiger charge is 2.38. The van der Waals surface area contributed by atoms with Crippen LogP contribution in [0.3, 0.4) is 0 Å². The summed E-state index contributed by atoms with van der Waals surface area (Å²) in [4.78, 5) is 22.6. The van der Waals surface area contributed by atoms with E-state index in [1.165, 1.54) is 5.56 Å². The molecule has 0 bridgehead atoms. The largest absolute Gasteiger partial charge is 0.417 e. The summed E-state index contributed by atoms with van der Waals surface area (Å²) in [5, 5.41) is 12.5. The van der Waals surface area contributed by atoms with Crippen molar-refractivity contribution in [2.75, 3.05) is 6.54 Å². The van der Waals surface area contributed by atoms with Crippen molar-refractivity contribution in [3.63, 3.8) is 0 Å². The molecule has 0 saturated carbocycles. The van der Waals surface area contributed by atoms with Crippen LogP contribution in [0, 0.1) is 6.92 Å². The molecule has 148 valence electrons. The number of aromatic amines is 1. The molecule has 9 nitrogen and oxygen atoms in total. The molecule has 1 atom stereocenters. The normalized spacial score (nSPS) is 16.6. The summed E-state index contributed by atoms with van der Waals surface area (Å²) in [7, 11) is 0. The molecule has 0 saturated heterocycles. The summed E-state index contributed by atoms with van der Waals surface area (Å²) in [5.41, 5.74) is 4.81. The maximum Gasteiger partial charge on any atom is 0.312 e. The lowest BCUT2D eigenvalue weighted by Crippen LogP contribution is -2.41. The van der Waals surface area contributed by atoms with E-state index in [4.69, 9.17) is 9.52 Å². The molecule has 29 heavy (non-hydrogen) atoms. The van der Waals surface area contributed by atoms with E-state index in [1.807, 2.05) is 22.8 Å². The lowest BCUT2D eigenvalue weighted by molar-refractivity contribution is 0.0644. The first-order valence-electron chi connectivity index (χ1n) is 9.64. The first-order valence-corrected chi connectivity index (χ1v) is 9.64. The minimum atomic E-state index is -0.426. The molecule has 1 aliphatic rings. The second kappa shape index (κ2) is 6.54. The quantitative estimate of drug-likeness (QED) is 0.576. The second-order valence-electron chi connectivity index (χ2n) is 7.56. The Morgan fingerprint density at radius 3 is 2.97 bits per heavy atom. The van der Waals surface area contributed by atoms with Gasteiger partial charge in [-0.1, -0.05) is 19.9 Å². The van der Waals surface area contributed by atoms with E-state index in [-0.39, 0.29) is 11.8 Å². The van der Waals surface area contributed by atoms with Crippen molar-refractivity contribution < 1.29 is 9.21 Å². The number of fused-ring (bicyclic) bond motifs is 2. The molecule has 0 fully saturated rings. The molecule has 4 aromatic rings. The fourth-order valence-electron chi connectivity index (χ4n) is 3.98. The Kier molecular flexibility index (Phi) is 3.97. The SMILES string of the molecule is Cc1nnc(C(=O)N2CCc3[nH]cnc3[C@@H]2c2cc3c(C(C)C)cccn3n2)o1. The Balaban J connectivity index is 1.64. The Labute approximate surface area is 166 Å². The molecule has 0 spiro atoms. The van der Waals surface area contributed by atoms with Crippen molar-refractivity contribution >= 4 is 11.4 Å². The third-order valence-corrected chi connectivity index (χ3v) is 5.35. The van der Waals surface area contributed by atoms with Gasteiger partial charge in [0.15, 0.2) is 0 Å². The highest BCUT2D eigenvalue weighted by molar-refractivity contribution is 5.90. The predicted molar refractivity (Wildman–Crippen MR) is 103 cm³/mol. The van der Waals surface area contributed by atoms with Gasteiger partial charge in [0.05, 0.1) is 23.2 Å². The number of hydrogen-bond donors (Lipinski definition) is 1. The van der Waals surface area contributed by atoms with Crippen LogP contribution in [0.5, 0.6) is 0 Å². The number of nitrogens with zero attached hydrogens (tertiary/aromatic N) is 6. The van der Waals surface area contributed by atoms with Gasteiger partial charge >= 0.3 is 11.8 Å². The van der Waals surface area contributed by atoms with Crippen molar-refractivity contribution in [3.8, 4) is 0 Å². The van der Waals surface area contributed by atoms with Gasteiger partial charge < -0.3 is 14.3 Å². The number of H-pyrrole nitrogens is 1. The van der Waals surface area contributed by atoms with Crippen LogP contribution in [0.1, 0.15) is 65.0 Å². The number of amides is 1. The molecule has 1 amide bonds. The molecule has 0 aliphatic carbocycles. The van der Waals surface area contributed by atoms with Crippen LogP contribution in [0.2, 0.25) is 0 Å². The molecule has 1 N–H and O–H groups in total. The molecule has 0 aromatic carbocycles. The van der Waals surface area contributed by atoms with Gasteiger partial charge in [-0.05, 0) is 23.6 Å². The first-order chi connectivity index (χ1) is 14.0. The summed E-state index contributed by atoms with van der Waals surface area (Å²) < 4.78 is 7.26. The molecular formula is C20H21N7O2. The van der Waals surface area contributed by atoms with Crippen molar-refractivity contribution in [2.24, 2.45) is 0 Å². The summed E-state index contributed by atoms with van der Waals surface area (Å²) in [6.07, 6.45) is 4.26. The van der Waals surface area contributed by atoms with E-state index in [9.17, 15) is 4.79 Å². The van der Waals surface area contributed by atoms with Crippen LogP contribution in [0.15, 0.2) is 35.1 Å². The average molecular weight is 391 g/mol. The molecule has 5 heterocycles. The van der Waals surface area contributed by atoms with Crippen LogP contribution in [-0.2, 0) is 6.42 Å². The summed E-state index contributed by atoms with van der Waals surface area (Å²) >= 11 is 0. The van der Waals surface area contributed by atoms with Crippen molar-refractivity contribution in [1.29, 1.82) is 0 Å². The van der Waals surface area contributed by atoms with Gasteiger partial charge in [-0.2, -0.15) is 5.10 Å². The molecule has 5 rings (SSSR count). The summed E-state index contributed by atoms with van der Waals surface area (Å²) in [6.45, 7) is 6.48. The number of carbonyl (C=O) groups is 1. The predicted octanol–water partition coefficient (Wildman–Crippen LogP) is 2.66. The Morgan fingerprint density at radius 2 is 2.21 bits per heavy atom. The molecule has 0 unspecified atom stereocenters. The standard InChI is InChI=1S/C20H21N7O2/c1-11(2)13-5-4-7-27-16(13)9-15(25-27)18-17-14(21-10-22-17)6-8-26(18)20(28)19-24-23-12(3)29-19/h4-5,7,9-11,18H,6,8H2,1-3H3,(H,21,22)/t18-/m0/s1. The second-order valence-corrected chi connectivity index (χ2v) is 7.56. The Bertz CT molecular complexity index is 1200. The highest BCUT2D eigenvalue weighted by atomic mass is 16.4.